The molecule has 0 radical (unpaired) electrons. The van der Waals surface area contributed by atoms with Gasteiger partial charge in [-0.2, -0.15) is 0 Å². The lowest BCUT2D eigenvalue weighted by atomic mass is 9.97. The number of nitrogens with one attached hydrogen (secondary N) is 1. The van der Waals surface area contributed by atoms with Crippen LogP contribution in [0.4, 0.5) is 5.82 Å². The molecule has 3 heteroatoms. The molecule has 0 aliphatic heterocycles. The minimum atomic E-state index is 0.822. The molecule has 0 bridgehead atoms. The van der Waals surface area contributed by atoms with E-state index in [0.717, 1.165) is 11.5 Å². The summed E-state index contributed by atoms with van der Waals surface area (Å²) in [5, 5.41) is 3.09. The highest BCUT2D eigenvalue weighted by atomic mass is 15.0. The summed E-state index contributed by atoms with van der Waals surface area (Å²) in [7, 11) is 1.87. The third-order valence-electron chi connectivity index (χ3n) is 2.85. The Morgan fingerprint density at radius 2 is 1.53 bits per heavy atom. The summed E-state index contributed by atoms with van der Waals surface area (Å²) in [4.78, 5) is 8.75. The zero-order valence-corrected chi connectivity index (χ0v) is 10.7. The van der Waals surface area contributed by atoms with Crippen molar-refractivity contribution in [2.45, 2.75) is 20.8 Å². The largest absolute Gasteiger partial charge is 0.371 e. The van der Waals surface area contributed by atoms with Crippen molar-refractivity contribution in [1.82, 2.24) is 9.97 Å². The Bertz CT molecular complexity index is 524. The predicted octanol–water partition coefficient (Wildman–Crippen LogP) is 3.11. The molecule has 88 valence electrons. The van der Waals surface area contributed by atoms with Crippen molar-refractivity contribution >= 4 is 5.82 Å². The van der Waals surface area contributed by atoms with E-state index in [0.29, 0.717) is 0 Å². The van der Waals surface area contributed by atoms with Gasteiger partial charge < -0.3 is 5.32 Å². The highest BCUT2D eigenvalue weighted by Crippen LogP contribution is 2.30. The first kappa shape index (κ1) is 11.6. The van der Waals surface area contributed by atoms with Gasteiger partial charge in [-0.05, 0) is 31.9 Å². The highest BCUT2D eigenvalue weighted by molar-refractivity contribution is 5.76. The molecule has 17 heavy (non-hydrogen) atoms. The molecule has 2 aromatic rings. The third kappa shape index (κ3) is 2.13. The molecule has 2 rings (SSSR count). The van der Waals surface area contributed by atoms with Crippen molar-refractivity contribution in [2.24, 2.45) is 0 Å². The molecule has 3 nitrogen and oxygen atoms in total. The number of aryl methyl sites for hydroxylation is 3. The Morgan fingerprint density at radius 1 is 0.941 bits per heavy atom. The smallest absolute Gasteiger partial charge is 0.152 e. The van der Waals surface area contributed by atoms with Gasteiger partial charge in [0.1, 0.15) is 5.69 Å². The minimum absolute atomic E-state index is 0.822. The van der Waals surface area contributed by atoms with Crippen molar-refractivity contribution in [3.63, 3.8) is 0 Å². The Balaban J connectivity index is 2.68. The number of aromatic nitrogens is 2. The summed E-state index contributed by atoms with van der Waals surface area (Å²) in [5.74, 6) is 0.822. The fourth-order valence-electron chi connectivity index (χ4n) is 2.26. The number of hydrogen-bond donors (Lipinski definition) is 1. The zero-order valence-electron chi connectivity index (χ0n) is 10.7. The van der Waals surface area contributed by atoms with Gasteiger partial charge in [0.25, 0.3) is 0 Å². The normalized spacial score (nSPS) is 10.4. The van der Waals surface area contributed by atoms with E-state index in [-0.39, 0.29) is 0 Å². The summed E-state index contributed by atoms with van der Waals surface area (Å²) in [6.45, 7) is 6.34. The van der Waals surface area contributed by atoms with Gasteiger partial charge in [-0.25, -0.2) is 4.98 Å². The topological polar surface area (TPSA) is 37.8 Å². The number of anilines is 1. The van der Waals surface area contributed by atoms with Crippen LogP contribution in [0, 0.1) is 20.8 Å². The summed E-state index contributed by atoms with van der Waals surface area (Å²) in [6, 6.07) is 4.35. The predicted molar refractivity (Wildman–Crippen MR) is 71.2 cm³/mol. The van der Waals surface area contributed by atoms with Gasteiger partial charge in [-0.15, -0.1) is 0 Å². The van der Waals surface area contributed by atoms with Gasteiger partial charge in [-0.1, -0.05) is 17.7 Å². The Kier molecular flexibility index (Phi) is 3.09. The first-order valence-corrected chi connectivity index (χ1v) is 5.70. The van der Waals surface area contributed by atoms with E-state index in [9.17, 15) is 0 Å². The van der Waals surface area contributed by atoms with E-state index >= 15 is 0 Å². The SMILES string of the molecule is CNc1nccnc1-c1c(C)cc(C)cc1C. The van der Waals surface area contributed by atoms with E-state index in [4.69, 9.17) is 0 Å². The molecule has 1 aromatic heterocycles. The van der Waals surface area contributed by atoms with Gasteiger partial charge in [0, 0.05) is 25.0 Å². The molecule has 1 N–H and O–H groups in total. The fraction of sp³-hybridized carbons (Fsp3) is 0.286. The quantitative estimate of drug-likeness (QED) is 0.856. The molecule has 0 unspecified atom stereocenters. The van der Waals surface area contributed by atoms with Crippen LogP contribution in [0.1, 0.15) is 16.7 Å². The molecule has 0 saturated carbocycles. The number of rotatable bonds is 2. The van der Waals surface area contributed by atoms with Crippen molar-refractivity contribution in [2.75, 3.05) is 12.4 Å². The molecule has 0 aliphatic carbocycles. The van der Waals surface area contributed by atoms with Gasteiger partial charge in [0.15, 0.2) is 5.82 Å². The minimum Gasteiger partial charge on any atom is -0.371 e. The summed E-state index contributed by atoms with van der Waals surface area (Å²) in [6.07, 6.45) is 3.43. The second-order valence-electron chi connectivity index (χ2n) is 4.28. The van der Waals surface area contributed by atoms with Crippen LogP contribution in [0.3, 0.4) is 0 Å². The van der Waals surface area contributed by atoms with Gasteiger partial charge in [0.05, 0.1) is 0 Å². The maximum Gasteiger partial charge on any atom is 0.152 e. The average molecular weight is 227 g/mol. The molecule has 0 fully saturated rings. The Morgan fingerprint density at radius 3 is 2.12 bits per heavy atom. The molecule has 1 heterocycles. The maximum absolute atomic E-state index is 4.45. The van der Waals surface area contributed by atoms with Crippen LogP contribution in [0.25, 0.3) is 11.3 Å². The number of benzene rings is 1. The molecule has 0 saturated heterocycles. The van der Waals surface area contributed by atoms with Gasteiger partial charge >= 0.3 is 0 Å². The summed E-state index contributed by atoms with van der Waals surface area (Å²) in [5.41, 5.74) is 5.84. The molecule has 0 atom stereocenters. The lowest BCUT2D eigenvalue weighted by Crippen LogP contribution is -2.00. The van der Waals surface area contributed by atoms with Crippen molar-refractivity contribution in [1.29, 1.82) is 0 Å². The molecular weight excluding hydrogens is 210 g/mol. The molecule has 0 aliphatic rings. The van der Waals surface area contributed by atoms with Crippen LogP contribution >= 0.6 is 0 Å². The standard InChI is InChI=1S/C14H17N3/c1-9-7-10(2)12(11(3)8-9)13-14(15-4)17-6-5-16-13/h5-8H,1-4H3,(H,15,17). The third-order valence-corrected chi connectivity index (χ3v) is 2.85. The van der Waals surface area contributed by atoms with Crippen molar-refractivity contribution in [3.05, 3.63) is 41.2 Å². The van der Waals surface area contributed by atoms with Crippen molar-refractivity contribution in [3.8, 4) is 11.3 Å². The monoisotopic (exact) mass is 227 g/mol. The molecule has 1 aromatic carbocycles. The van der Waals surface area contributed by atoms with Crippen LogP contribution in [-0.2, 0) is 0 Å². The van der Waals surface area contributed by atoms with E-state index in [1.807, 2.05) is 7.05 Å². The Hall–Kier alpha value is -1.90. The summed E-state index contributed by atoms with van der Waals surface area (Å²) >= 11 is 0. The number of nitrogens with zero attached hydrogens (tertiary/aromatic N) is 2. The Labute approximate surface area is 102 Å². The average Bonchev–Trinajstić information content (AvgIpc) is 2.28. The lowest BCUT2D eigenvalue weighted by Gasteiger charge is -2.13. The highest BCUT2D eigenvalue weighted by Gasteiger charge is 2.12. The second-order valence-corrected chi connectivity index (χ2v) is 4.28. The zero-order chi connectivity index (χ0) is 12.4. The molecule has 0 amide bonds. The maximum atomic E-state index is 4.45. The fourth-order valence-corrected chi connectivity index (χ4v) is 2.26. The van der Waals surface area contributed by atoms with Crippen LogP contribution < -0.4 is 5.32 Å². The van der Waals surface area contributed by atoms with Crippen LogP contribution in [0.5, 0.6) is 0 Å². The van der Waals surface area contributed by atoms with E-state index < -0.39 is 0 Å². The summed E-state index contributed by atoms with van der Waals surface area (Å²) < 4.78 is 0. The number of hydrogen-bond acceptors (Lipinski definition) is 3. The second kappa shape index (κ2) is 4.53. The van der Waals surface area contributed by atoms with Crippen LogP contribution in [0.15, 0.2) is 24.5 Å². The van der Waals surface area contributed by atoms with Gasteiger partial charge in [-0.3, -0.25) is 4.98 Å². The van der Waals surface area contributed by atoms with Gasteiger partial charge in [0.2, 0.25) is 0 Å². The van der Waals surface area contributed by atoms with E-state index in [2.05, 4.69) is 48.2 Å². The van der Waals surface area contributed by atoms with Crippen LogP contribution in [-0.4, -0.2) is 17.0 Å². The molecular formula is C14H17N3. The molecule has 0 spiro atoms. The van der Waals surface area contributed by atoms with Crippen molar-refractivity contribution < 1.29 is 0 Å². The first-order chi connectivity index (χ1) is 8.13. The van der Waals surface area contributed by atoms with E-state index in [1.54, 1.807) is 12.4 Å². The lowest BCUT2D eigenvalue weighted by molar-refractivity contribution is 1.17. The van der Waals surface area contributed by atoms with Crippen LogP contribution in [0.2, 0.25) is 0 Å². The van der Waals surface area contributed by atoms with E-state index in [1.165, 1.54) is 22.3 Å². The first-order valence-electron chi connectivity index (χ1n) is 5.70.